The first-order valence-electron chi connectivity index (χ1n) is 7.06. The van der Waals surface area contributed by atoms with Crippen LogP contribution in [-0.4, -0.2) is 21.0 Å². The summed E-state index contributed by atoms with van der Waals surface area (Å²) in [4.78, 5) is 0. The smallest absolute Gasteiger partial charge is 0.113 e. The highest BCUT2D eigenvalue weighted by Gasteiger charge is 2.08. The van der Waals surface area contributed by atoms with Gasteiger partial charge in [-0.15, -0.1) is 5.10 Å². The van der Waals surface area contributed by atoms with Gasteiger partial charge in [0.05, 0.1) is 12.7 Å². The normalized spacial score (nSPS) is 12.2. The first-order valence-corrected chi connectivity index (χ1v) is 7.06. The molecule has 1 atom stereocenters. The summed E-state index contributed by atoms with van der Waals surface area (Å²) in [5, 5.41) is 8.36. The lowest BCUT2D eigenvalue weighted by atomic mass is 10.1. The fraction of sp³-hybridized carbons (Fsp3) is 0.176. The van der Waals surface area contributed by atoms with E-state index in [1.807, 2.05) is 59.4 Å². The fourth-order valence-electron chi connectivity index (χ4n) is 2.35. The van der Waals surface area contributed by atoms with E-state index in [0.717, 1.165) is 17.7 Å². The Kier molecular flexibility index (Phi) is 4.07. The highest BCUT2D eigenvalue weighted by Crippen LogP contribution is 2.15. The Morgan fingerprint density at radius 2 is 1.62 bits per heavy atom. The van der Waals surface area contributed by atoms with Gasteiger partial charge in [-0.05, 0) is 12.0 Å². The van der Waals surface area contributed by atoms with Crippen LogP contribution in [0, 0.1) is 0 Å². The molecule has 0 fully saturated rings. The van der Waals surface area contributed by atoms with Gasteiger partial charge in [-0.1, -0.05) is 65.9 Å². The molecular formula is C17H18N4. The molecule has 3 rings (SSSR count). The van der Waals surface area contributed by atoms with Gasteiger partial charge in [0, 0.05) is 11.6 Å². The van der Waals surface area contributed by atoms with Gasteiger partial charge >= 0.3 is 0 Å². The van der Waals surface area contributed by atoms with E-state index >= 15 is 0 Å². The molecule has 0 saturated heterocycles. The predicted molar refractivity (Wildman–Crippen MR) is 83.6 cm³/mol. The quantitative estimate of drug-likeness (QED) is 0.780. The van der Waals surface area contributed by atoms with Gasteiger partial charge in [-0.25, -0.2) is 0 Å². The molecule has 4 nitrogen and oxygen atoms in total. The lowest BCUT2D eigenvalue weighted by Crippen LogP contribution is -2.28. The van der Waals surface area contributed by atoms with Gasteiger partial charge in [-0.3, -0.25) is 4.68 Å². The zero-order chi connectivity index (χ0) is 14.5. The summed E-state index contributed by atoms with van der Waals surface area (Å²) < 4.78 is 1.82. The number of aromatic nitrogens is 3. The number of hydrogen-bond donors (Lipinski definition) is 1. The van der Waals surface area contributed by atoms with E-state index in [2.05, 4.69) is 22.4 Å². The van der Waals surface area contributed by atoms with Crippen LogP contribution in [0.5, 0.6) is 0 Å². The van der Waals surface area contributed by atoms with E-state index in [0.29, 0.717) is 6.54 Å². The van der Waals surface area contributed by atoms with E-state index in [-0.39, 0.29) is 6.04 Å². The van der Waals surface area contributed by atoms with Gasteiger partial charge < -0.3 is 5.73 Å². The summed E-state index contributed by atoms with van der Waals surface area (Å²) in [6, 6.07) is 20.3. The summed E-state index contributed by atoms with van der Waals surface area (Å²) in [5.41, 5.74) is 9.39. The van der Waals surface area contributed by atoms with Crippen LogP contribution in [0.3, 0.4) is 0 Å². The molecule has 106 valence electrons. The van der Waals surface area contributed by atoms with Crippen molar-refractivity contribution in [2.24, 2.45) is 5.73 Å². The molecule has 0 aliphatic heterocycles. The number of nitrogens with zero attached hydrogens (tertiary/aromatic N) is 3. The van der Waals surface area contributed by atoms with Gasteiger partial charge in [0.1, 0.15) is 5.69 Å². The Bertz CT molecular complexity index is 676. The first kappa shape index (κ1) is 13.5. The molecule has 0 spiro atoms. The third-order valence-corrected chi connectivity index (χ3v) is 3.37. The fourth-order valence-corrected chi connectivity index (χ4v) is 2.35. The molecule has 0 unspecified atom stereocenters. The van der Waals surface area contributed by atoms with Crippen molar-refractivity contribution in [3.63, 3.8) is 0 Å². The van der Waals surface area contributed by atoms with E-state index in [1.165, 1.54) is 5.56 Å². The number of nitrogens with two attached hydrogens (primary N) is 1. The summed E-state index contributed by atoms with van der Waals surface area (Å²) in [5.74, 6) is 0. The maximum atomic E-state index is 6.20. The highest BCUT2D eigenvalue weighted by molar-refractivity contribution is 5.57. The monoisotopic (exact) mass is 278 g/mol. The Morgan fingerprint density at radius 1 is 0.952 bits per heavy atom. The molecule has 2 aromatic carbocycles. The third kappa shape index (κ3) is 3.55. The Labute approximate surface area is 124 Å². The molecule has 0 aliphatic rings. The van der Waals surface area contributed by atoms with Crippen LogP contribution in [0.25, 0.3) is 11.3 Å². The zero-order valence-electron chi connectivity index (χ0n) is 11.8. The van der Waals surface area contributed by atoms with Gasteiger partial charge in [0.15, 0.2) is 0 Å². The Hall–Kier alpha value is -2.46. The summed E-state index contributed by atoms with van der Waals surface area (Å²) >= 11 is 0. The number of benzene rings is 2. The Morgan fingerprint density at radius 3 is 2.33 bits per heavy atom. The molecule has 0 bridgehead atoms. The molecule has 1 heterocycles. The second kappa shape index (κ2) is 6.33. The average Bonchev–Trinajstić information content (AvgIpc) is 2.97. The molecule has 21 heavy (non-hydrogen) atoms. The van der Waals surface area contributed by atoms with E-state index < -0.39 is 0 Å². The summed E-state index contributed by atoms with van der Waals surface area (Å²) in [6.45, 7) is 0.661. The van der Waals surface area contributed by atoms with Crippen LogP contribution in [0.4, 0.5) is 0 Å². The summed E-state index contributed by atoms with van der Waals surface area (Å²) in [6.07, 6.45) is 2.78. The lowest BCUT2D eigenvalue weighted by Gasteiger charge is -2.10. The minimum absolute atomic E-state index is 0.0257. The third-order valence-electron chi connectivity index (χ3n) is 3.37. The van der Waals surface area contributed by atoms with E-state index in [1.54, 1.807) is 0 Å². The van der Waals surface area contributed by atoms with Crippen molar-refractivity contribution in [2.75, 3.05) is 0 Å². The van der Waals surface area contributed by atoms with Crippen LogP contribution in [0.1, 0.15) is 5.56 Å². The molecule has 4 heteroatoms. The second-order valence-corrected chi connectivity index (χ2v) is 5.14. The highest BCUT2D eigenvalue weighted by atomic mass is 15.4. The predicted octanol–water partition coefficient (Wildman–Crippen LogP) is 2.52. The molecule has 3 aromatic rings. The van der Waals surface area contributed by atoms with Crippen molar-refractivity contribution in [2.45, 2.75) is 19.0 Å². The molecule has 0 amide bonds. The van der Waals surface area contributed by atoms with E-state index in [9.17, 15) is 0 Å². The summed E-state index contributed by atoms with van der Waals surface area (Å²) in [7, 11) is 0. The zero-order valence-corrected chi connectivity index (χ0v) is 11.8. The molecule has 2 N–H and O–H groups in total. The van der Waals surface area contributed by atoms with Crippen LogP contribution in [-0.2, 0) is 13.0 Å². The van der Waals surface area contributed by atoms with Crippen molar-refractivity contribution < 1.29 is 0 Å². The standard InChI is InChI=1S/C17H18N4/c18-16(11-14-7-3-1-4-8-14)12-21-13-17(19-20-21)15-9-5-2-6-10-15/h1-10,13,16H,11-12,18H2/t16-/m0/s1. The Balaban J connectivity index is 1.65. The van der Waals surface area contributed by atoms with Crippen molar-refractivity contribution in [1.82, 2.24) is 15.0 Å². The molecule has 0 saturated carbocycles. The molecule has 0 aliphatic carbocycles. The van der Waals surface area contributed by atoms with Crippen LogP contribution >= 0.6 is 0 Å². The largest absolute Gasteiger partial charge is 0.326 e. The topological polar surface area (TPSA) is 56.7 Å². The average molecular weight is 278 g/mol. The maximum Gasteiger partial charge on any atom is 0.113 e. The molecule has 0 radical (unpaired) electrons. The van der Waals surface area contributed by atoms with Crippen LogP contribution < -0.4 is 5.73 Å². The van der Waals surface area contributed by atoms with Crippen LogP contribution in [0.2, 0.25) is 0 Å². The minimum atomic E-state index is 0.0257. The molecular weight excluding hydrogens is 260 g/mol. The molecule has 1 aromatic heterocycles. The van der Waals surface area contributed by atoms with Crippen molar-refractivity contribution in [3.05, 3.63) is 72.4 Å². The lowest BCUT2D eigenvalue weighted by molar-refractivity contribution is 0.496. The number of rotatable bonds is 5. The van der Waals surface area contributed by atoms with Crippen molar-refractivity contribution in [1.29, 1.82) is 0 Å². The second-order valence-electron chi connectivity index (χ2n) is 5.14. The van der Waals surface area contributed by atoms with Gasteiger partial charge in [0.25, 0.3) is 0 Å². The first-order chi connectivity index (χ1) is 10.3. The van der Waals surface area contributed by atoms with Crippen molar-refractivity contribution in [3.8, 4) is 11.3 Å². The van der Waals surface area contributed by atoms with Gasteiger partial charge in [0.2, 0.25) is 0 Å². The maximum absolute atomic E-state index is 6.20. The minimum Gasteiger partial charge on any atom is -0.326 e. The van der Waals surface area contributed by atoms with Crippen LogP contribution in [0.15, 0.2) is 66.9 Å². The number of hydrogen-bond acceptors (Lipinski definition) is 3. The van der Waals surface area contributed by atoms with E-state index in [4.69, 9.17) is 5.73 Å². The van der Waals surface area contributed by atoms with Gasteiger partial charge in [-0.2, -0.15) is 0 Å². The SMILES string of the molecule is N[C@@H](Cc1ccccc1)Cn1cc(-c2ccccc2)nn1. The van der Waals surface area contributed by atoms with Crippen molar-refractivity contribution >= 4 is 0 Å².